The monoisotopic (exact) mass is 459 g/mol. The lowest BCUT2D eigenvalue weighted by atomic mass is 10.0. The number of ketones is 1. The van der Waals surface area contributed by atoms with Gasteiger partial charge >= 0.3 is 5.97 Å². The first kappa shape index (κ1) is 22.7. The van der Waals surface area contributed by atoms with Gasteiger partial charge in [0.15, 0.2) is 5.78 Å². The van der Waals surface area contributed by atoms with Crippen LogP contribution in [0.3, 0.4) is 0 Å². The molecule has 0 saturated carbocycles. The van der Waals surface area contributed by atoms with Gasteiger partial charge in [-0.05, 0) is 44.5 Å². The number of carbonyl (C=O) groups excluding carboxylic acids is 2. The Kier molecular flexibility index (Phi) is 7.56. The molecule has 28 heavy (non-hydrogen) atoms. The van der Waals surface area contributed by atoms with E-state index < -0.39 is 10.7 Å². The Morgan fingerprint density at radius 1 is 1.18 bits per heavy atom. The molecule has 0 radical (unpaired) electrons. The van der Waals surface area contributed by atoms with Gasteiger partial charge in [0.25, 0.3) is 0 Å². The summed E-state index contributed by atoms with van der Waals surface area (Å²) in [6.45, 7) is 5.02. The highest BCUT2D eigenvalue weighted by Gasteiger charge is 2.29. The zero-order chi connectivity index (χ0) is 21.1. The van der Waals surface area contributed by atoms with Crippen LogP contribution in [0, 0.1) is 0 Å². The second-order valence-corrected chi connectivity index (χ2v) is 9.97. The maximum atomic E-state index is 12.9. The molecule has 150 valence electrons. The van der Waals surface area contributed by atoms with Crippen molar-refractivity contribution in [2.24, 2.45) is 0 Å². The minimum absolute atomic E-state index is 0.0426. The molecule has 5 nitrogen and oxygen atoms in total. The molecule has 2 N–H and O–H groups in total. The van der Waals surface area contributed by atoms with Gasteiger partial charge < -0.3 is 10.4 Å². The first-order valence-corrected chi connectivity index (χ1v) is 10.9. The van der Waals surface area contributed by atoms with E-state index in [9.17, 15) is 14.4 Å². The van der Waals surface area contributed by atoms with Gasteiger partial charge in [-0.2, -0.15) is 0 Å². The lowest BCUT2D eigenvalue weighted by molar-refractivity contribution is -0.138. The van der Waals surface area contributed by atoms with Crippen molar-refractivity contribution >= 4 is 69.0 Å². The predicted octanol–water partition coefficient (Wildman–Crippen LogP) is 5.38. The van der Waals surface area contributed by atoms with Gasteiger partial charge in [-0.15, -0.1) is 23.1 Å². The number of rotatable bonds is 8. The number of nitrogens with one attached hydrogen (secondary N) is 1. The van der Waals surface area contributed by atoms with Crippen molar-refractivity contribution in [2.45, 2.75) is 31.9 Å². The van der Waals surface area contributed by atoms with E-state index in [4.69, 9.17) is 28.3 Å². The van der Waals surface area contributed by atoms with Crippen molar-refractivity contribution in [3.05, 3.63) is 50.3 Å². The number of thiophene rings is 1. The lowest BCUT2D eigenvalue weighted by Gasteiger charge is -2.17. The Morgan fingerprint density at radius 3 is 2.43 bits per heavy atom. The van der Waals surface area contributed by atoms with Gasteiger partial charge in [-0.3, -0.25) is 14.4 Å². The van der Waals surface area contributed by atoms with Gasteiger partial charge in [0.05, 0.1) is 21.4 Å². The zero-order valence-electron chi connectivity index (χ0n) is 15.5. The second kappa shape index (κ2) is 9.31. The smallest absolute Gasteiger partial charge is 0.319 e. The van der Waals surface area contributed by atoms with E-state index in [1.807, 2.05) is 6.92 Å². The van der Waals surface area contributed by atoms with Crippen LogP contribution in [0.2, 0.25) is 10.0 Å². The topological polar surface area (TPSA) is 83.5 Å². The molecule has 0 fully saturated rings. The highest BCUT2D eigenvalue weighted by molar-refractivity contribution is 8.02. The molecule has 0 unspecified atom stereocenters. The van der Waals surface area contributed by atoms with Crippen molar-refractivity contribution in [1.29, 1.82) is 0 Å². The molecular weight excluding hydrogens is 441 g/mol. The summed E-state index contributed by atoms with van der Waals surface area (Å²) < 4.78 is -1.08. The third kappa shape index (κ3) is 5.50. The molecule has 0 bridgehead atoms. The van der Waals surface area contributed by atoms with Crippen LogP contribution in [-0.4, -0.2) is 33.3 Å². The van der Waals surface area contributed by atoms with E-state index in [-0.39, 0.29) is 22.5 Å². The van der Waals surface area contributed by atoms with Crippen LogP contribution in [0.15, 0.2) is 24.3 Å². The number of amides is 1. The van der Waals surface area contributed by atoms with E-state index in [1.165, 1.54) is 31.3 Å². The maximum absolute atomic E-state index is 12.9. The molecule has 0 aliphatic heterocycles. The number of hydrogen-bond acceptors (Lipinski definition) is 5. The third-order valence-corrected chi connectivity index (χ3v) is 7.13. The molecule has 0 aliphatic rings. The number of halogens is 2. The number of aryl methyl sites for hydroxylation is 1. The van der Waals surface area contributed by atoms with Crippen LogP contribution in [0.4, 0.5) is 5.00 Å². The minimum Gasteiger partial charge on any atom is -0.480 e. The highest BCUT2D eigenvalue weighted by Crippen LogP contribution is 2.33. The number of carbonyl (C=O) groups is 3. The van der Waals surface area contributed by atoms with Crippen molar-refractivity contribution in [3.63, 3.8) is 0 Å². The molecule has 1 amide bonds. The van der Waals surface area contributed by atoms with Crippen LogP contribution in [0.1, 0.15) is 41.6 Å². The fourth-order valence-electron chi connectivity index (χ4n) is 2.14. The third-order valence-electron chi connectivity index (χ3n) is 3.89. The lowest BCUT2D eigenvalue weighted by Crippen LogP contribution is -2.29. The van der Waals surface area contributed by atoms with E-state index >= 15 is 0 Å². The Hall–Kier alpha value is -1.54. The Balaban J connectivity index is 2.22. The SMILES string of the molecule is CCc1cc(C(=O)c2ccc(Cl)c(Cl)c2)c(NC(=O)CSC(C)(C)C(=O)O)s1. The molecule has 1 heterocycles. The number of anilines is 1. The van der Waals surface area contributed by atoms with Gasteiger partial charge in [-0.1, -0.05) is 30.1 Å². The average Bonchev–Trinajstić information content (AvgIpc) is 3.04. The van der Waals surface area contributed by atoms with Gasteiger partial charge in [0.2, 0.25) is 5.91 Å². The number of carboxylic acids is 1. The van der Waals surface area contributed by atoms with Gasteiger partial charge in [0, 0.05) is 10.4 Å². The molecular formula is C19H19Cl2NO4S2. The summed E-state index contributed by atoms with van der Waals surface area (Å²) in [7, 11) is 0. The van der Waals surface area contributed by atoms with Crippen LogP contribution < -0.4 is 5.32 Å². The first-order chi connectivity index (χ1) is 13.0. The standard InChI is InChI=1S/C19H19Cl2NO4S2/c1-4-11-8-12(16(24)10-5-6-13(20)14(21)7-10)17(28-11)22-15(23)9-27-19(2,3)18(25)26/h5-8H,4,9H2,1-3H3,(H,22,23)(H,25,26). The molecule has 1 aromatic carbocycles. The average molecular weight is 460 g/mol. The summed E-state index contributed by atoms with van der Waals surface area (Å²) in [5, 5.41) is 13.0. The zero-order valence-corrected chi connectivity index (χ0v) is 18.6. The highest BCUT2D eigenvalue weighted by atomic mass is 35.5. The van der Waals surface area contributed by atoms with E-state index in [0.29, 0.717) is 27.6 Å². The maximum Gasteiger partial charge on any atom is 0.319 e. The Morgan fingerprint density at radius 2 is 1.86 bits per heavy atom. The number of benzene rings is 1. The van der Waals surface area contributed by atoms with Crippen LogP contribution >= 0.6 is 46.3 Å². The van der Waals surface area contributed by atoms with E-state index in [0.717, 1.165) is 16.6 Å². The number of thioether (sulfide) groups is 1. The summed E-state index contributed by atoms with van der Waals surface area (Å²) in [5.74, 6) is -1.68. The summed E-state index contributed by atoms with van der Waals surface area (Å²) in [6.07, 6.45) is 0.711. The fraction of sp³-hybridized carbons (Fsp3) is 0.316. The van der Waals surface area contributed by atoms with Crippen molar-refractivity contribution in [2.75, 3.05) is 11.1 Å². The normalized spacial score (nSPS) is 11.3. The molecule has 0 spiro atoms. The van der Waals surface area contributed by atoms with Crippen molar-refractivity contribution in [3.8, 4) is 0 Å². The summed E-state index contributed by atoms with van der Waals surface area (Å²) in [5.41, 5.74) is 0.739. The molecule has 0 aliphatic carbocycles. The molecule has 0 atom stereocenters. The van der Waals surface area contributed by atoms with Gasteiger partial charge in [-0.25, -0.2) is 0 Å². The summed E-state index contributed by atoms with van der Waals surface area (Å²) in [6, 6.07) is 6.37. The molecule has 9 heteroatoms. The summed E-state index contributed by atoms with van der Waals surface area (Å²) >= 11 is 14.3. The van der Waals surface area contributed by atoms with Crippen molar-refractivity contribution < 1.29 is 19.5 Å². The van der Waals surface area contributed by atoms with E-state index in [2.05, 4.69) is 5.32 Å². The van der Waals surface area contributed by atoms with Gasteiger partial charge in [0.1, 0.15) is 9.75 Å². The molecule has 2 rings (SSSR count). The van der Waals surface area contributed by atoms with E-state index in [1.54, 1.807) is 18.2 Å². The summed E-state index contributed by atoms with van der Waals surface area (Å²) in [4.78, 5) is 37.4. The number of carboxylic acid groups (broad SMARTS) is 1. The fourth-order valence-corrected chi connectivity index (χ4v) is 4.14. The predicted molar refractivity (Wildman–Crippen MR) is 116 cm³/mol. The van der Waals surface area contributed by atoms with Crippen LogP contribution in [0.5, 0.6) is 0 Å². The number of hydrogen-bond donors (Lipinski definition) is 2. The Bertz CT molecular complexity index is 925. The quantitative estimate of drug-likeness (QED) is 0.517. The number of aliphatic carboxylic acids is 1. The molecule has 0 saturated heterocycles. The second-order valence-electron chi connectivity index (χ2n) is 6.42. The molecule has 2 aromatic rings. The minimum atomic E-state index is -1.08. The Labute approximate surface area is 181 Å². The van der Waals surface area contributed by atoms with Crippen LogP contribution in [0.25, 0.3) is 0 Å². The largest absolute Gasteiger partial charge is 0.480 e. The first-order valence-electron chi connectivity index (χ1n) is 8.34. The van der Waals surface area contributed by atoms with Crippen LogP contribution in [-0.2, 0) is 16.0 Å². The molecule has 1 aromatic heterocycles. The van der Waals surface area contributed by atoms with Crippen molar-refractivity contribution in [1.82, 2.24) is 0 Å².